The first-order valence-corrected chi connectivity index (χ1v) is 4.19. The van der Waals surface area contributed by atoms with Crippen LogP contribution in [-0.2, 0) is 4.84 Å². The van der Waals surface area contributed by atoms with Gasteiger partial charge in [0.25, 0.3) is 0 Å². The second kappa shape index (κ2) is 4.26. The number of oxime groups is 1. The maximum atomic E-state index is 4.72. The van der Waals surface area contributed by atoms with Gasteiger partial charge in [-0.3, -0.25) is 0 Å². The molecule has 0 aromatic heterocycles. The average Bonchev–Trinajstić information content (AvgIpc) is 2.05. The fourth-order valence-electron chi connectivity index (χ4n) is 1.35. The summed E-state index contributed by atoms with van der Waals surface area (Å²) in [5.74, 6) is 0. The summed E-state index contributed by atoms with van der Waals surface area (Å²) in [6, 6.07) is 0. The molecule has 0 unspecified atom stereocenters. The Balaban J connectivity index is 2.62. The minimum Gasteiger partial charge on any atom is -0.399 e. The molecular formula is C9H16N2O. The van der Waals surface area contributed by atoms with Crippen molar-refractivity contribution in [2.24, 2.45) is 5.16 Å². The van der Waals surface area contributed by atoms with Crippen molar-refractivity contribution in [1.82, 2.24) is 4.90 Å². The molecule has 1 aliphatic heterocycles. The molecule has 0 amide bonds. The van der Waals surface area contributed by atoms with Crippen LogP contribution in [0.4, 0.5) is 0 Å². The van der Waals surface area contributed by atoms with E-state index in [-0.39, 0.29) is 0 Å². The average molecular weight is 168 g/mol. The number of hydrogen-bond donors (Lipinski definition) is 0. The highest BCUT2D eigenvalue weighted by atomic mass is 16.6. The third-order valence-electron chi connectivity index (χ3n) is 2.03. The summed E-state index contributed by atoms with van der Waals surface area (Å²) in [4.78, 5) is 7.00. The van der Waals surface area contributed by atoms with Gasteiger partial charge in [0.05, 0.1) is 5.71 Å². The SMILES string of the molecule is CO/N=C(\C)C1=CCCN(C)C1. The van der Waals surface area contributed by atoms with E-state index in [4.69, 9.17) is 4.84 Å². The Morgan fingerprint density at radius 3 is 3.00 bits per heavy atom. The highest BCUT2D eigenvalue weighted by Gasteiger charge is 2.10. The van der Waals surface area contributed by atoms with Gasteiger partial charge in [-0.05, 0) is 26.0 Å². The third-order valence-corrected chi connectivity index (χ3v) is 2.03. The second-order valence-electron chi connectivity index (χ2n) is 3.12. The standard InChI is InChI=1S/C9H16N2O/c1-8(10-12-3)9-5-4-6-11(2)7-9/h5H,4,6-7H2,1-3H3/b10-8+. The molecule has 0 spiro atoms. The lowest BCUT2D eigenvalue weighted by atomic mass is 10.1. The molecule has 0 fully saturated rings. The van der Waals surface area contributed by atoms with Crippen molar-refractivity contribution >= 4 is 5.71 Å². The molecule has 0 radical (unpaired) electrons. The topological polar surface area (TPSA) is 24.8 Å². The summed E-state index contributed by atoms with van der Waals surface area (Å²) in [6.45, 7) is 4.11. The van der Waals surface area contributed by atoms with Crippen LogP contribution in [0.1, 0.15) is 13.3 Å². The lowest BCUT2D eigenvalue weighted by Gasteiger charge is -2.22. The Morgan fingerprint density at radius 2 is 2.42 bits per heavy atom. The van der Waals surface area contributed by atoms with Crippen LogP contribution >= 0.6 is 0 Å². The lowest BCUT2D eigenvalue weighted by Crippen LogP contribution is -2.27. The molecule has 1 rings (SSSR count). The minimum atomic E-state index is 0.985. The third kappa shape index (κ3) is 2.34. The first kappa shape index (κ1) is 9.26. The summed E-state index contributed by atoms with van der Waals surface area (Å²) >= 11 is 0. The maximum absolute atomic E-state index is 4.72. The second-order valence-corrected chi connectivity index (χ2v) is 3.12. The van der Waals surface area contributed by atoms with Crippen LogP contribution in [-0.4, -0.2) is 37.9 Å². The molecule has 0 bridgehead atoms. The number of nitrogens with zero attached hydrogens (tertiary/aromatic N) is 2. The molecule has 0 aromatic carbocycles. The Hall–Kier alpha value is -0.830. The van der Waals surface area contributed by atoms with Crippen molar-refractivity contribution in [3.05, 3.63) is 11.6 Å². The number of hydrogen-bond acceptors (Lipinski definition) is 3. The van der Waals surface area contributed by atoms with E-state index in [1.54, 1.807) is 7.11 Å². The minimum absolute atomic E-state index is 0.985. The number of likely N-dealkylation sites (N-methyl/N-ethyl adjacent to an activating group) is 1. The number of rotatable bonds is 2. The van der Waals surface area contributed by atoms with E-state index in [2.05, 4.69) is 23.2 Å². The molecule has 0 atom stereocenters. The first-order chi connectivity index (χ1) is 5.74. The van der Waals surface area contributed by atoms with Gasteiger partial charge in [0, 0.05) is 13.1 Å². The van der Waals surface area contributed by atoms with Gasteiger partial charge < -0.3 is 9.74 Å². The molecule has 1 heterocycles. The normalized spacial score (nSPS) is 20.6. The van der Waals surface area contributed by atoms with Crippen LogP contribution in [0.3, 0.4) is 0 Å². The predicted molar refractivity (Wildman–Crippen MR) is 50.3 cm³/mol. The van der Waals surface area contributed by atoms with Crippen molar-refractivity contribution in [2.45, 2.75) is 13.3 Å². The van der Waals surface area contributed by atoms with Gasteiger partial charge >= 0.3 is 0 Å². The summed E-state index contributed by atoms with van der Waals surface area (Å²) in [6.07, 6.45) is 3.35. The molecule has 68 valence electrons. The van der Waals surface area contributed by atoms with Crippen molar-refractivity contribution in [3.8, 4) is 0 Å². The van der Waals surface area contributed by atoms with Crippen LogP contribution in [0, 0.1) is 0 Å². The molecule has 1 aliphatic rings. The fourth-order valence-corrected chi connectivity index (χ4v) is 1.35. The summed E-state index contributed by atoms with van der Waals surface area (Å²) in [5.41, 5.74) is 2.27. The van der Waals surface area contributed by atoms with E-state index in [9.17, 15) is 0 Å². The largest absolute Gasteiger partial charge is 0.399 e. The fraction of sp³-hybridized carbons (Fsp3) is 0.667. The van der Waals surface area contributed by atoms with Crippen molar-refractivity contribution in [1.29, 1.82) is 0 Å². The zero-order valence-electron chi connectivity index (χ0n) is 8.00. The molecule has 0 saturated carbocycles. The van der Waals surface area contributed by atoms with Crippen LogP contribution < -0.4 is 0 Å². The van der Waals surface area contributed by atoms with Gasteiger partial charge in [0.2, 0.25) is 0 Å². The first-order valence-electron chi connectivity index (χ1n) is 4.19. The van der Waals surface area contributed by atoms with Gasteiger partial charge in [-0.2, -0.15) is 0 Å². The molecule has 3 heteroatoms. The van der Waals surface area contributed by atoms with Gasteiger partial charge in [-0.25, -0.2) is 0 Å². The van der Waals surface area contributed by atoms with Crippen molar-refractivity contribution < 1.29 is 4.84 Å². The Kier molecular flexibility index (Phi) is 3.29. The predicted octanol–water partition coefficient (Wildman–Crippen LogP) is 1.27. The van der Waals surface area contributed by atoms with Gasteiger partial charge in [-0.1, -0.05) is 11.2 Å². The smallest absolute Gasteiger partial charge is 0.106 e. The summed E-state index contributed by atoms with van der Waals surface area (Å²) < 4.78 is 0. The van der Waals surface area contributed by atoms with E-state index in [0.717, 1.165) is 25.2 Å². The monoisotopic (exact) mass is 168 g/mol. The summed E-state index contributed by atoms with van der Waals surface area (Å²) in [5, 5.41) is 3.90. The van der Waals surface area contributed by atoms with E-state index in [1.165, 1.54) is 5.57 Å². The molecule has 0 N–H and O–H groups in total. The van der Waals surface area contributed by atoms with Crippen LogP contribution in [0.2, 0.25) is 0 Å². The Labute approximate surface area is 73.7 Å². The van der Waals surface area contributed by atoms with Crippen molar-refractivity contribution in [2.75, 3.05) is 27.2 Å². The zero-order valence-corrected chi connectivity index (χ0v) is 8.00. The van der Waals surface area contributed by atoms with Crippen LogP contribution in [0.25, 0.3) is 0 Å². The Morgan fingerprint density at radius 1 is 1.67 bits per heavy atom. The van der Waals surface area contributed by atoms with E-state index in [0.29, 0.717) is 0 Å². The Bertz CT molecular complexity index is 209. The van der Waals surface area contributed by atoms with E-state index >= 15 is 0 Å². The van der Waals surface area contributed by atoms with Gasteiger partial charge in [-0.15, -0.1) is 0 Å². The van der Waals surface area contributed by atoms with Gasteiger partial charge in [0.15, 0.2) is 0 Å². The maximum Gasteiger partial charge on any atom is 0.106 e. The van der Waals surface area contributed by atoms with Crippen LogP contribution in [0.5, 0.6) is 0 Å². The summed E-state index contributed by atoms with van der Waals surface area (Å²) in [7, 11) is 3.70. The highest BCUT2D eigenvalue weighted by Crippen LogP contribution is 2.09. The quantitative estimate of drug-likeness (QED) is 0.458. The molecular weight excluding hydrogens is 152 g/mol. The highest BCUT2D eigenvalue weighted by molar-refractivity contribution is 5.98. The van der Waals surface area contributed by atoms with E-state index in [1.807, 2.05) is 6.92 Å². The molecule has 12 heavy (non-hydrogen) atoms. The van der Waals surface area contributed by atoms with Crippen molar-refractivity contribution in [3.63, 3.8) is 0 Å². The zero-order chi connectivity index (χ0) is 8.97. The molecule has 3 nitrogen and oxygen atoms in total. The van der Waals surface area contributed by atoms with Crippen LogP contribution in [0.15, 0.2) is 16.8 Å². The lowest BCUT2D eigenvalue weighted by molar-refractivity contribution is 0.213. The van der Waals surface area contributed by atoms with Gasteiger partial charge in [0.1, 0.15) is 7.11 Å². The molecule has 0 aliphatic carbocycles. The molecule has 0 aromatic rings. The van der Waals surface area contributed by atoms with E-state index < -0.39 is 0 Å². The molecule has 0 saturated heterocycles.